The molecule has 0 saturated heterocycles. The van der Waals surface area contributed by atoms with Crippen LogP contribution in [0.3, 0.4) is 0 Å². The van der Waals surface area contributed by atoms with Crippen LogP contribution in [0.25, 0.3) is 0 Å². The van der Waals surface area contributed by atoms with Crippen molar-refractivity contribution in [1.29, 1.82) is 0 Å². The number of rotatable bonds is 5. The first-order chi connectivity index (χ1) is 5.66. The van der Waals surface area contributed by atoms with E-state index in [0.717, 1.165) is 6.54 Å². The number of amides is 2. The highest BCUT2D eigenvalue weighted by Crippen LogP contribution is 1.71. The Morgan fingerprint density at radius 3 is 2.58 bits per heavy atom. The van der Waals surface area contributed by atoms with Crippen LogP contribution in [0.4, 0.5) is 4.79 Å². The molecule has 0 saturated carbocycles. The molecule has 0 spiro atoms. The molecule has 12 heavy (non-hydrogen) atoms. The molecule has 0 aliphatic carbocycles. The lowest BCUT2D eigenvalue weighted by molar-refractivity contribution is 0.172. The van der Waals surface area contributed by atoms with E-state index in [1.54, 1.807) is 0 Å². The third kappa shape index (κ3) is 7.30. The van der Waals surface area contributed by atoms with Crippen LogP contribution in [0.15, 0.2) is 0 Å². The van der Waals surface area contributed by atoms with Crippen molar-refractivity contribution in [2.24, 2.45) is 0 Å². The molecule has 0 heterocycles. The maximum atomic E-state index is 10.9. The van der Waals surface area contributed by atoms with Gasteiger partial charge in [-0.2, -0.15) is 0 Å². The summed E-state index contributed by atoms with van der Waals surface area (Å²) < 4.78 is 4.66. The molecule has 0 aromatic carbocycles. The van der Waals surface area contributed by atoms with Crippen molar-refractivity contribution in [3.8, 4) is 0 Å². The molecule has 0 rings (SSSR count). The number of hydrogen-bond acceptors (Lipinski definition) is 3. The minimum Gasteiger partial charge on any atom is -0.364 e. The van der Waals surface area contributed by atoms with Crippen molar-refractivity contribution in [3.05, 3.63) is 0 Å². The molecule has 2 amide bonds. The molecule has 0 aliphatic heterocycles. The second kappa shape index (κ2) is 6.87. The maximum Gasteiger partial charge on any atom is 0.316 e. The van der Waals surface area contributed by atoms with Crippen molar-refractivity contribution in [3.63, 3.8) is 0 Å². The molecule has 5 nitrogen and oxygen atoms in total. The van der Waals surface area contributed by atoms with Crippen molar-refractivity contribution < 1.29 is 9.53 Å². The fourth-order valence-corrected chi connectivity index (χ4v) is 0.593. The molecule has 0 aromatic rings. The van der Waals surface area contributed by atoms with Gasteiger partial charge in [0.05, 0.1) is 0 Å². The smallest absolute Gasteiger partial charge is 0.316 e. The quantitative estimate of drug-likeness (QED) is 0.551. The summed E-state index contributed by atoms with van der Waals surface area (Å²) in [6.45, 7) is 1.72. The average molecular weight is 175 g/mol. The minimum atomic E-state index is -0.196. The van der Waals surface area contributed by atoms with Gasteiger partial charge in [0.2, 0.25) is 0 Å². The van der Waals surface area contributed by atoms with Crippen LogP contribution in [-0.4, -0.2) is 52.0 Å². The number of hydrogen-bond donors (Lipinski definition) is 2. The number of methoxy groups -OCH3 is 1. The summed E-state index contributed by atoms with van der Waals surface area (Å²) in [4.78, 5) is 12.9. The maximum absolute atomic E-state index is 10.9. The standard InChI is InChI=1S/C7H17N3O2/c1-10(2)5-4-8-7(11)9-6-12-3/h4-6H2,1-3H3,(H2,8,9,11). The lowest BCUT2D eigenvalue weighted by atomic mass is 10.6. The summed E-state index contributed by atoms with van der Waals surface area (Å²) in [6, 6.07) is -0.196. The highest BCUT2D eigenvalue weighted by atomic mass is 16.5. The zero-order valence-corrected chi connectivity index (χ0v) is 7.89. The Morgan fingerprint density at radius 2 is 2.08 bits per heavy atom. The van der Waals surface area contributed by atoms with E-state index in [9.17, 15) is 4.79 Å². The van der Waals surface area contributed by atoms with Crippen LogP contribution in [0, 0.1) is 0 Å². The number of nitrogens with one attached hydrogen (secondary N) is 2. The normalized spacial score (nSPS) is 10.0. The van der Waals surface area contributed by atoms with E-state index < -0.39 is 0 Å². The van der Waals surface area contributed by atoms with Crippen LogP contribution in [0.1, 0.15) is 0 Å². The topological polar surface area (TPSA) is 53.6 Å². The molecule has 0 aromatic heterocycles. The van der Waals surface area contributed by atoms with Gasteiger partial charge in [0.15, 0.2) is 0 Å². The molecule has 2 N–H and O–H groups in total. The molecule has 5 heteroatoms. The van der Waals surface area contributed by atoms with Gasteiger partial charge in [0.25, 0.3) is 0 Å². The molecular formula is C7H17N3O2. The molecule has 0 aliphatic rings. The predicted octanol–water partition coefficient (Wildman–Crippen LogP) is -0.549. The monoisotopic (exact) mass is 175 g/mol. The Kier molecular flexibility index (Phi) is 6.41. The number of urea groups is 1. The minimum absolute atomic E-state index is 0.196. The third-order valence-electron chi connectivity index (χ3n) is 1.22. The van der Waals surface area contributed by atoms with E-state index in [1.807, 2.05) is 19.0 Å². The first kappa shape index (κ1) is 11.2. The summed E-state index contributed by atoms with van der Waals surface area (Å²) in [5, 5.41) is 5.19. The van der Waals surface area contributed by atoms with Crippen molar-refractivity contribution in [2.45, 2.75) is 0 Å². The second-order valence-corrected chi connectivity index (χ2v) is 2.67. The van der Waals surface area contributed by atoms with E-state index in [-0.39, 0.29) is 12.8 Å². The first-order valence-electron chi connectivity index (χ1n) is 3.82. The molecule has 0 radical (unpaired) electrons. The van der Waals surface area contributed by atoms with Gasteiger partial charge in [-0.1, -0.05) is 0 Å². The highest BCUT2D eigenvalue weighted by molar-refractivity contribution is 5.73. The summed E-state index contributed by atoms with van der Waals surface area (Å²) in [5.74, 6) is 0. The van der Waals surface area contributed by atoms with E-state index in [2.05, 4.69) is 15.4 Å². The summed E-state index contributed by atoms with van der Waals surface area (Å²) in [6.07, 6.45) is 0. The Labute approximate surface area is 73.1 Å². The van der Waals surface area contributed by atoms with E-state index in [0.29, 0.717) is 6.54 Å². The van der Waals surface area contributed by atoms with Crippen LogP contribution in [-0.2, 0) is 4.74 Å². The van der Waals surface area contributed by atoms with Crippen molar-refractivity contribution in [1.82, 2.24) is 15.5 Å². The van der Waals surface area contributed by atoms with Crippen molar-refractivity contribution >= 4 is 6.03 Å². The average Bonchev–Trinajstić information content (AvgIpc) is 2.00. The number of nitrogens with zero attached hydrogens (tertiary/aromatic N) is 1. The highest BCUT2D eigenvalue weighted by Gasteiger charge is 1.96. The van der Waals surface area contributed by atoms with Crippen molar-refractivity contribution in [2.75, 3.05) is 41.0 Å². The molecule has 0 bridgehead atoms. The zero-order chi connectivity index (χ0) is 9.40. The Balaban J connectivity index is 3.20. The number of ether oxygens (including phenoxy) is 1. The SMILES string of the molecule is COCNC(=O)NCCN(C)C. The first-order valence-corrected chi connectivity index (χ1v) is 3.82. The van der Waals surface area contributed by atoms with Gasteiger partial charge < -0.3 is 20.3 Å². The van der Waals surface area contributed by atoms with Gasteiger partial charge in [-0.3, -0.25) is 0 Å². The zero-order valence-electron chi connectivity index (χ0n) is 7.89. The Hall–Kier alpha value is -0.810. The fourth-order valence-electron chi connectivity index (χ4n) is 0.593. The van der Waals surface area contributed by atoms with Crippen LogP contribution >= 0.6 is 0 Å². The third-order valence-corrected chi connectivity index (χ3v) is 1.22. The molecule has 0 atom stereocenters. The Morgan fingerprint density at radius 1 is 1.42 bits per heavy atom. The predicted molar refractivity (Wildman–Crippen MR) is 47.0 cm³/mol. The summed E-state index contributed by atoms with van der Waals surface area (Å²) >= 11 is 0. The Bertz CT molecular complexity index is 128. The van der Waals surface area contributed by atoms with Crippen LogP contribution < -0.4 is 10.6 Å². The summed E-state index contributed by atoms with van der Waals surface area (Å²) in [7, 11) is 5.43. The van der Waals surface area contributed by atoms with Gasteiger partial charge in [-0.25, -0.2) is 4.79 Å². The van der Waals surface area contributed by atoms with Crippen LogP contribution in [0.5, 0.6) is 0 Å². The van der Waals surface area contributed by atoms with Crippen LogP contribution in [0.2, 0.25) is 0 Å². The largest absolute Gasteiger partial charge is 0.364 e. The molecule has 0 unspecified atom stereocenters. The van der Waals surface area contributed by atoms with Gasteiger partial charge in [-0.15, -0.1) is 0 Å². The summed E-state index contributed by atoms with van der Waals surface area (Å²) in [5.41, 5.74) is 0. The van der Waals surface area contributed by atoms with Gasteiger partial charge in [-0.05, 0) is 14.1 Å². The van der Waals surface area contributed by atoms with Gasteiger partial charge in [0.1, 0.15) is 6.73 Å². The number of likely N-dealkylation sites (N-methyl/N-ethyl adjacent to an activating group) is 1. The fraction of sp³-hybridized carbons (Fsp3) is 0.857. The number of carbonyl (C=O) groups excluding carboxylic acids is 1. The molecular weight excluding hydrogens is 158 g/mol. The molecule has 72 valence electrons. The van der Waals surface area contributed by atoms with E-state index in [4.69, 9.17) is 0 Å². The lowest BCUT2D eigenvalue weighted by Gasteiger charge is -2.10. The van der Waals surface area contributed by atoms with Gasteiger partial charge in [0, 0.05) is 20.2 Å². The van der Waals surface area contributed by atoms with E-state index >= 15 is 0 Å². The van der Waals surface area contributed by atoms with E-state index in [1.165, 1.54) is 7.11 Å². The van der Waals surface area contributed by atoms with Gasteiger partial charge >= 0.3 is 6.03 Å². The molecule has 0 fully saturated rings. The number of carbonyl (C=O) groups is 1. The lowest BCUT2D eigenvalue weighted by Crippen LogP contribution is -2.39. The second-order valence-electron chi connectivity index (χ2n) is 2.67.